The molecule has 0 amide bonds. The maximum atomic E-state index is 11.9. The van der Waals surface area contributed by atoms with E-state index in [1.54, 1.807) is 33.3 Å². The predicted octanol–water partition coefficient (Wildman–Crippen LogP) is 2.55. The molecule has 2 unspecified atom stereocenters. The molecule has 0 aliphatic heterocycles. The number of rotatable bonds is 7. The van der Waals surface area contributed by atoms with Crippen LogP contribution in [-0.2, 0) is 9.84 Å². The molecule has 0 aliphatic rings. The van der Waals surface area contributed by atoms with E-state index in [4.69, 9.17) is 9.47 Å². The number of halogens is 1. The first-order valence-corrected chi connectivity index (χ1v) is 9.34. The summed E-state index contributed by atoms with van der Waals surface area (Å²) in [5, 5.41) is 2.67. The van der Waals surface area contributed by atoms with Crippen molar-refractivity contribution < 1.29 is 17.9 Å². The molecule has 21 heavy (non-hydrogen) atoms. The summed E-state index contributed by atoms with van der Waals surface area (Å²) in [7, 11) is -0.0661. The Kier molecular flexibility index (Phi) is 6.49. The average molecular weight is 380 g/mol. The Morgan fingerprint density at radius 3 is 2.19 bits per heavy atom. The summed E-state index contributed by atoms with van der Waals surface area (Å²) >= 11 is 3.49. The topological polar surface area (TPSA) is 64.6 Å². The van der Waals surface area contributed by atoms with E-state index in [1.165, 1.54) is 6.26 Å². The predicted molar refractivity (Wildman–Crippen MR) is 88.0 cm³/mol. The molecule has 120 valence electrons. The van der Waals surface area contributed by atoms with Crippen molar-refractivity contribution in [3.8, 4) is 11.5 Å². The van der Waals surface area contributed by atoms with E-state index in [-0.39, 0.29) is 6.04 Å². The molecule has 0 aliphatic carbocycles. The number of sulfone groups is 1. The normalized spacial score (nSPS) is 14.6. The highest BCUT2D eigenvalue weighted by molar-refractivity contribution is 9.10. The third-order valence-corrected chi connectivity index (χ3v) is 5.72. The molecular weight excluding hydrogens is 358 g/mol. The smallest absolute Gasteiger partial charge is 0.161 e. The van der Waals surface area contributed by atoms with Crippen LogP contribution in [0.15, 0.2) is 16.6 Å². The summed E-state index contributed by atoms with van der Waals surface area (Å²) in [5.41, 5.74) is 0.826. The zero-order valence-electron chi connectivity index (χ0n) is 12.9. The summed E-state index contributed by atoms with van der Waals surface area (Å²) in [4.78, 5) is 0. The Balaban J connectivity index is 3.38. The maximum Gasteiger partial charge on any atom is 0.161 e. The van der Waals surface area contributed by atoms with Gasteiger partial charge in [-0.15, -0.1) is 0 Å². The zero-order valence-corrected chi connectivity index (χ0v) is 15.3. The van der Waals surface area contributed by atoms with Crippen molar-refractivity contribution in [1.29, 1.82) is 0 Å². The van der Waals surface area contributed by atoms with Gasteiger partial charge in [0.15, 0.2) is 21.3 Å². The van der Waals surface area contributed by atoms with Crippen LogP contribution in [0.25, 0.3) is 0 Å². The highest BCUT2D eigenvalue weighted by Crippen LogP contribution is 2.37. The minimum absolute atomic E-state index is 0.334. The third kappa shape index (κ3) is 4.34. The highest BCUT2D eigenvalue weighted by atomic mass is 79.9. The monoisotopic (exact) mass is 379 g/mol. The molecule has 1 aromatic carbocycles. The lowest BCUT2D eigenvalue weighted by Crippen LogP contribution is -2.35. The lowest BCUT2D eigenvalue weighted by Gasteiger charge is -2.26. The molecule has 0 bridgehead atoms. The van der Waals surface area contributed by atoms with Gasteiger partial charge in [-0.3, -0.25) is 0 Å². The van der Waals surface area contributed by atoms with Gasteiger partial charge in [0, 0.05) is 16.8 Å². The third-order valence-electron chi connectivity index (χ3n) is 3.41. The Morgan fingerprint density at radius 1 is 1.24 bits per heavy atom. The minimum atomic E-state index is -3.18. The van der Waals surface area contributed by atoms with E-state index >= 15 is 0 Å². The quantitative estimate of drug-likeness (QED) is 0.788. The molecule has 0 spiro atoms. The molecule has 1 N–H and O–H groups in total. The Bertz CT molecular complexity index is 589. The maximum absolute atomic E-state index is 11.9. The Morgan fingerprint density at radius 2 is 1.76 bits per heavy atom. The average Bonchev–Trinajstić information content (AvgIpc) is 2.43. The van der Waals surface area contributed by atoms with Crippen molar-refractivity contribution in [2.45, 2.75) is 25.1 Å². The van der Waals surface area contributed by atoms with Crippen molar-refractivity contribution in [2.24, 2.45) is 0 Å². The second kappa shape index (κ2) is 7.47. The number of ether oxygens (including phenoxy) is 2. The van der Waals surface area contributed by atoms with Crippen molar-refractivity contribution in [3.05, 3.63) is 22.2 Å². The van der Waals surface area contributed by atoms with E-state index in [2.05, 4.69) is 21.2 Å². The first-order valence-electron chi connectivity index (χ1n) is 6.59. The molecule has 0 aromatic heterocycles. The van der Waals surface area contributed by atoms with E-state index in [1.807, 2.05) is 6.92 Å². The fourth-order valence-electron chi connectivity index (χ4n) is 2.10. The second-order valence-electron chi connectivity index (χ2n) is 4.80. The van der Waals surface area contributed by atoms with Gasteiger partial charge in [0.2, 0.25) is 0 Å². The molecular formula is C14H22BrNO4S. The number of nitrogens with one attached hydrogen (secondary N) is 1. The highest BCUT2D eigenvalue weighted by Gasteiger charge is 2.29. The fraction of sp³-hybridized carbons (Fsp3) is 0.571. The van der Waals surface area contributed by atoms with Crippen molar-refractivity contribution >= 4 is 25.8 Å². The van der Waals surface area contributed by atoms with Gasteiger partial charge in [0.05, 0.1) is 19.5 Å². The van der Waals surface area contributed by atoms with Gasteiger partial charge in [-0.25, -0.2) is 8.42 Å². The van der Waals surface area contributed by atoms with Crippen LogP contribution in [0, 0.1) is 0 Å². The van der Waals surface area contributed by atoms with Crippen LogP contribution in [0.1, 0.15) is 25.5 Å². The molecule has 1 rings (SSSR count). The fourth-order valence-corrected chi connectivity index (χ4v) is 3.41. The van der Waals surface area contributed by atoms with Crippen LogP contribution in [0.5, 0.6) is 11.5 Å². The molecule has 0 fully saturated rings. The molecule has 0 heterocycles. The summed E-state index contributed by atoms with van der Waals surface area (Å²) < 4.78 is 35.1. The van der Waals surface area contributed by atoms with Crippen molar-refractivity contribution in [1.82, 2.24) is 5.32 Å². The number of methoxy groups -OCH3 is 2. The van der Waals surface area contributed by atoms with Crippen LogP contribution in [0.4, 0.5) is 0 Å². The first-order chi connectivity index (χ1) is 9.76. The number of hydrogen-bond acceptors (Lipinski definition) is 5. The summed E-state index contributed by atoms with van der Waals surface area (Å²) in [6.07, 6.45) is 1.25. The van der Waals surface area contributed by atoms with Gasteiger partial charge in [-0.2, -0.15) is 0 Å². The molecule has 2 atom stereocenters. The molecule has 5 nitrogen and oxygen atoms in total. The lowest BCUT2D eigenvalue weighted by molar-refractivity contribution is 0.353. The van der Waals surface area contributed by atoms with E-state index in [0.29, 0.717) is 18.0 Å². The van der Waals surface area contributed by atoms with Gasteiger partial charge in [0.25, 0.3) is 0 Å². The Hall–Kier alpha value is -0.790. The molecule has 0 radical (unpaired) electrons. The molecule has 1 aromatic rings. The standard InChI is InChI=1S/C14H22BrNO4S/c1-6-16-14(9(2)21(5,17)18)10-7-12(19-3)13(20-4)8-11(10)15/h7-9,14,16H,6H2,1-5H3. The summed E-state index contributed by atoms with van der Waals surface area (Å²) in [5.74, 6) is 1.16. The number of hydrogen-bond donors (Lipinski definition) is 1. The van der Waals surface area contributed by atoms with Gasteiger partial charge in [-0.05, 0) is 31.2 Å². The van der Waals surface area contributed by atoms with Gasteiger partial charge in [0.1, 0.15) is 0 Å². The first kappa shape index (κ1) is 18.3. The van der Waals surface area contributed by atoms with E-state index in [0.717, 1.165) is 10.0 Å². The van der Waals surface area contributed by atoms with Gasteiger partial charge >= 0.3 is 0 Å². The van der Waals surface area contributed by atoms with Gasteiger partial charge in [-0.1, -0.05) is 22.9 Å². The van der Waals surface area contributed by atoms with Gasteiger partial charge < -0.3 is 14.8 Å². The van der Waals surface area contributed by atoms with Crippen LogP contribution in [0.2, 0.25) is 0 Å². The van der Waals surface area contributed by atoms with Crippen molar-refractivity contribution in [2.75, 3.05) is 27.0 Å². The minimum Gasteiger partial charge on any atom is -0.493 e. The summed E-state index contributed by atoms with van der Waals surface area (Å²) in [6.45, 7) is 4.30. The Labute approximate surface area is 135 Å². The van der Waals surface area contributed by atoms with Crippen molar-refractivity contribution in [3.63, 3.8) is 0 Å². The largest absolute Gasteiger partial charge is 0.493 e. The molecule has 0 saturated carbocycles. The van der Waals surface area contributed by atoms with E-state index in [9.17, 15) is 8.42 Å². The molecule has 7 heteroatoms. The van der Waals surface area contributed by atoms with E-state index < -0.39 is 15.1 Å². The van der Waals surface area contributed by atoms with Crippen LogP contribution in [-0.4, -0.2) is 40.7 Å². The van der Waals surface area contributed by atoms with Crippen LogP contribution < -0.4 is 14.8 Å². The molecule has 0 saturated heterocycles. The van der Waals surface area contributed by atoms with Crippen LogP contribution >= 0.6 is 15.9 Å². The SMILES string of the molecule is CCNC(c1cc(OC)c(OC)cc1Br)C(C)S(C)(=O)=O. The van der Waals surface area contributed by atoms with Crippen LogP contribution in [0.3, 0.4) is 0 Å². The lowest BCUT2D eigenvalue weighted by atomic mass is 10.0. The summed E-state index contributed by atoms with van der Waals surface area (Å²) in [6, 6.07) is 3.25. The number of benzene rings is 1. The second-order valence-corrected chi connectivity index (χ2v) is 8.06. The zero-order chi connectivity index (χ0) is 16.2.